The van der Waals surface area contributed by atoms with Crippen molar-refractivity contribution >= 4 is 29.0 Å². The van der Waals surface area contributed by atoms with Crippen LogP contribution in [0.4, 0.5) is 16.2 Å². The largest absolute Gasteiger partial charge is 0.497 e. The second-order valence-corrected chi connectivity index (χ2v) is 7.99. The molecule has 2 heterocycles. The van der Waals surface area contributed by atoms with Crippen LogP contribution >= 0.6 is 11.6 Å². The summed E-state index contributed by atoms with van der Waals surface area (Å²) in [5.74, 6) is 2.86. The number of hydrogen-bond acceptors (Lipinski definition) is 5. The Balaban J connectivity index is 1.71. The maximum absolute atomic E-state index is 13.5. The summed E-state index contributed by atoms with van der Waals surface area (Å²) in [6.07, 6.45) is 4.22. The third-order valence-corrected chi connectivity index (χ3v) is 5.76. The van der Waals surface area contributed by atoms with E-state index in [1.54, 1.807) is 61.6 Å². The summed E-state index contributed by atoms with van der Waals surface area (Å²) in [7, 11) is 3.16. The number of anilines is 2. The molecular weight excluding hydrogens is 430 g/mol. The van der Waals surface area contributed by atoms with Gasteiger partial charge < -0.3 is 19.4 Å². The Morgan fingerprint density at radius 2 is 1.91 bits per heavy atom. The van der Waals surface area contributed by atoms with Gasteiger partial charge in [0.15, 0.2) is 5.82 Å². The normalized spacial score (nSPS) is 13.1. The first-order valence-corrected chi connectivity index (χ1v) is 10.9. The highest BCUT2D eigenvalue weighted by Gasteiger charge is 2.25. The van der Waals surface area contributed by atoms with Crippen molar-refractivity contribution < 1.29 is 14.3 Å². The molecule has 4 rings (SSSR count). The zero-order valence-electron chi connectivity index (χ0n) is 18.2. The Morgan fingerprint density at radius 3 is 2.66 bits per heavy atom. The highest BCUT2D eigenvalue weighted by Crippen LogP contribution is 2.34. The topological polar surface area (TPSA) is 81.5 Å². The predicted octanol–water partition coefficient (Wildman–Crippen LogP) is 4.91. The lowest BCUT2D eigenvalue weighted by atomic mass is 10.2. The lowest BCUT2D eigenvalue weighted by molar-refractivity contribution is 0.256. The Kier molecular flexibility index (Phi) is 6.80. The van der Waals surface area contributed by atoms with E-state index in [2.05, 4.69) is 20.1 Å². The minimum absolute atomic E-state index is 0.232. The van der Waals surface area contributed by atoms with Crippen molar-refractivity contribution in [3.8, 4) is 11.5 Å². The van der Waals surface area contributed by atoms with Crippen LogP contribution in [-0.4, -0.2) is 35.0 Å². The zero-order valence-corrected chi connectivity index (χ0v) is 18.9. The number of aromatic nitrogens is 3. The van der Waals surface area contributed by atoms with Gasteiger partial charge in [-0.25, -0.2) is 4.79 Å². The summed E-state index contributed by atoms with van der Waals surface area (Å²) in [6.45, 7) is 1.08. The summed E-state index contributed by atoms with van der Waals surface area (Å²) >= 11 is 5.98. The third kappa shape index (κ3) is 4.80. The van der Waals surface area contributed by atoms with Crippen molar-refractivity contribution in [1.82, 2.24) is 14.8 Å². The minimum Gasteiger partial charge on any atom is -0.497 e. The molecule has 0 saturated heterocycles. The molecule has 0 bridgehead atoms. The van der Waals surface area contributed by atoms with E-state index in [0.717, 1.165) is 43.9 Å². The van der Waals surface area contributed by atoms with E-state index in [1.165, 1.54) is 0 Å². The van der Waals surface area contributed by atoms with Crippen molar-refractivity contribution in [3.05, 3.63) is 59.1 Å². The number of ether oxygens (including phenoxy) is 2. The van der Waals surface area contributed by atoms with E-state index in [1.807, 2.05) is 0 Å². The number of methoxy groups -OCH3 is 2. The molecule has 0 aliphatic carbocycles. The molecule has 32 heavy (non-hydrogen) atoms. The SMILES string of the molecule is COc1ccc(OC)c(N(Cc2nnc3n2CCCCC3)C(=O)Nc2ccc(Cl)cc2)c1. The first-order valence-electron chi connectivity index (χ1n) is 10.6. The first kappa shape index (κ1) is 22.0. The number of carbonyl (C=O) groups excluding carboxylic acids is 1. The number of aryl methyl sites for hydroxylation is 1. The fourth-order valence-electron chi connectivity index (χ4n) is 3.80. The number of benzene rings is 2. The molecule has 0 unspecified atom stereocenters. The Bertz CT molecular complexity index is 1080. The first-order chi connectivity index (χ1) is 15.6. The average Bonchev–Trinajstić information content (AvgIpc) is 3.03. The van der Waals surface area contributed by atoms with Gasteiger partial charge in [-0.1, -0.05) is 18.0 Å². The van der Waals surface area contributed by atoms with Gasteiger partial charge in [0.05, 0.1) is 26.5 Å². The third-order valence-electron chi connectivity index (χ3n) is 5.50. The number of amides is 2. The van der Waals surface area contributed by atoms with E-state index < -0.39 is 0 Å². The van der Waals surface area contributed by atoms with Gasteiger partial charge in [0.2, 0.25) is 0 Å². The molecule has 0 spiro atoms. The van der Waals surface area contributed by atoms with Crippen molar-refractivity contribution in [2.75, 3.05) is 24.4 Å². The van der Waals surface area contributed by atoms with Gasteiger partial charge in [-0.05, 0) is 49.2 Å². The molecule has 0 radical (unpaired) electrons. The fraction of sp³-hybridized carbons (Fsp3) is 0.348. The number of nitrogens with zero attached hydrogens (tertiary/aromatic N) is 4. The molecular formula is C23H26ClN5O3. The molecule has 0 saturated carbocycles. The van der Waals surface area contributed by atoms with Gasteiger partial charge >= 0.3 is 6.03 Å². The summed E-state index contributed by atoms with van der Waals surface area (Å²) in [5.41, 5.74) is 1.20. The summed E-state index contributed by atoms with van der Waals surface area (Å²) in [4.78, 5) is 15.1. The number of hydrogen-bond donors (Lipinski definition) is 1. The van der Waals surface area contributed by atoms with E-state index >= 15 is 0 Å². The summed E-state index contributed by atoms with van der Waals surface area (Å²) in [6, 6.07) is 12.0. The Labute approximate surface area is 192 Å². The van der Waals surface area contributed by atoms with Gasteiger partial charge in [0, 0.05) is 29.7 Å². The van der Waals surface area contributed by atoms with E-state index in [4.69, 9.17) is 21.1 Å². The summed E-state index contributed by atoms with van der Waals surface area (Å²) in [5, 5.41) is 12.3. The van der Waals surface area contributed by atoms with Crippen LogP contribution in [0.3, 0.4) is 0 Å². The summed E-state index contributed by atoms with van der Waals surface area (Å²) < 4.78 is 13.1. The lowest BCUT2D eigenvalue weighted by Crippen LogP contribution is -2.36. The molecule has 1 aromatic heterocycles. The van der Waals surface area contributed by atoms with Gasteiger partial charge in [-0.15, -0.1) is 10.2 Å². The Hall–Kier alpha value is -3.26. The standard InChI is InChI=1S/C23H26ClN5O3/c1-31-18-11-12-20(32-2)19(14-18)29(23(30)25-17-9-7-16(24)8-10-17)15-22-27-26-21-6-4-3-5-13-28(21)22/h7-12,14H,3-6,13,15H2,1-2H3,(H,25,30). The number of rotatable bonds is 6. The smallest absolute Gasteiger partial charge is 0.326 e. The molecule has 1 N–H and O–H groups in total. The van der Waals surface area contributed by atoms with Crippen LogP contribution in [0.2, 0.25) is 5.02 Å². The van der Waals surface area contributed by atoms with E-state index in [0.29, 0.717) is 27.9 Å². The molecule has 9 heteroatoms. The Morgan fingerprint density at radius 1 is 1.09 bits per heavy atom. The van der Waals surface area contributed by atoms with Crippen LogP contribution in [0.25, 0.3) is 0 Å². The number of nitrogens with one attached hydrogen (secondary N) is 1. The van der Waals surface area contributed by atoms with Crippen LogP contribution in [-0.2, 0) is 19.5 Å². The van der Waals surface area contributed by atoms with E-state index in [9.17, 15) is 4.79 Å². The zero-order chi connectivity index (χ0) is 22.5. The predicted molar refractivity (Wildman–Crippen MR) is 124 cm³/mol. The molecule has 0 fully saturated rings. The molecule has 3 aromatic rings. The highest BCUT2D eigenvalue weighted by atomic mass is 35.5. The molecule has 1 aliphatic heterocycles. The van der Waals surface area contributed by atoms with Gasteiger partial charge in [0.25, 0.3) is 0 Å². The van der Waals surface area contributed by atoms with Crippen LogP contribution in [0.5, 0.6) is 11.5 Å². The lowest BCUT2D eigenvalue weighted by Gasteiger charge is -2.25. The minimum atomic E-state index is -0.329. The maximum Gasteiger partial charge on any atom is 0.326 e. The molecule has 2 aromatic carbocycles. The van der Waals surface area contributed by atoms with Crippen LogP contribution < -0.4 is 19.7 Å². The quantitative estimate of drug-likeness (QED) is 0.570. The number of carbonyl (C=O) groups is 1. The van der Waals surface area contributed by atoms with Crippen molar-refractivity contribution in [2.45, 2.75) is 38.8 Å². The molecule has 8 nitrogen and oxygen atoms in total. The van der Waals surface area contributed by atoms with Gasteiger partial charge in [0.1, 0.15) is 17.3 Å². The maximum atomic E-state index is 13.5. The molecule has 168 valence electrons. The molecule has 2 amide bonds. The fourth-order valence-corrected chi connectivity index (χ4v) is 3.93. The average molecular weight is 456 g/mol. The van der Waals surface area contributed by atoms with Crippen LogP contribution in [0.1, 0.15) is 30.9 Å². The molecule has 1 aliphatic rings. The van der Waals surface area contributed by atoms with Crippen molar-refractivity contribution in [3.63, 3.8) is 0 Å². The van der Waals surface area contributed by atoms with Crippen molar-refractivity contribution in [1.29, 1.82) is 0 Å². The van der Waals surface area contributed by atoms with Crippen LogP contribution in [0, 0.1) is 0 Å². The number of halogens is 1. The van der Waals surface area contributed by atoms with Gasteiger partial charge in [-0.3, -0.25) is 4.90 Å². The monoisotopic (exact) mass is 455 g/mol. The number of urea groups is 1. The van der Waals surface area contributed by atoms with E-state index in [-0.39, 0.29) is 12.6 Å². The molecule has 0 atom stereocenters. The van der Waals surface area contributed by atoms with Crippen LogP contribution in [0.15, 0.2) is 42.5 Å². The number of fused-ring (bicyclic) bond motifs is 1. The second kappa shape index (κ2) is 9.91. The van der Waals surface area contributed by atoms with Gasteiger partial charge in [-0.2, -0.15) is 0 Å². The highest BCUT2D eigenvalue weighted by molar-refractivity contribution is 6.30. The van der Waals surface area contributed by atoms with Crippen molar-refractivity contribution in [2.24, 2.45) is 0 Å². The second-order valence-electron chi connectivity index (χ2n) is 7.56.